The van der Waals surface area contributed by atoms with Crippen molar-refractivity contribution >= 4 is 46.1 Å². The van der Waals surface area contributed by atoms with Gasteiger partial charge >= 0.3 is 5.97 Å². The van der Waals surface area contributed by atoms with Gasteiger partial charge in [0.25, 0.3) is 0 Å². The van der Waals surface area contributed by atoms with Gasteiger partial charge in [0.1, 0.15) is 5.25 Å². The average Bonchev–Trinajstić information content (AvgIpc) is 2.74. The van der Waals surface area contributed by atoms with Gasteiger partial charge in [-0.1, -0.05) is 30.0 Å². The maximum atomic E-state index is 12.6. The summed E-state index contributed by atoms with van der Waals surface area (Å²) in [5.41, 5.74) is 1.67. The van der Waals surface area contributed by atoms with Gasteiger partial charge in [-0.05, 0) is 43.3 Å². The van der Waals surface area contributed by atoms with Gasteiger partial charge in [-0.25, -0.2) is 9.79 Å². The van der Waals surface area contributed by atoms with E-state index in [2.05, 4.69) is 15.0 Å². The minimum atomic E-state index is -0.571. The largest absolute Gasteiger partial charge is 0.465 e. The Kier molecular flexibility index (Phi) is 6.66. The van der Waals surface area contributed by atoms with Crippen LogP contribution in [0.5, 0.6) is 0 Å². The van der Waals surface area contributed by atoms with Gasteiger partial charge in [0.05, 0.1) is 18.4 Å². The Bertz CT molecular complexity index is 929. The summed E-state index contributed by atoms with van der Waals surface area (Å²) in [6.07, 6.45) is 0.109. The fourth-order valence-electron chi connectivity index (χ4n) is 2.80. The summed E-state index contributed by atoms with van der Waals surface area (Å²) >= 11 is 1.26. The maximum Gasteiger partial charge on any atom is 0.337 e. The number of ether oxygens (including phenoxy) is 1. The summed E-state index contributed by atoms with van der Waals surface area (Å²) < 4.78 is 4.69. The van der Waals surface area contributed by atoms with Crippen molar-refractivity contribution in [2.45, 2.75) is 18.6 Å². The van der Waals surface area contributed by atoms with E-state index in [9.17, 15) is 14.4 Å². The van der Waals surface area contributed by atoms with Crippen LogP contribution in [0, 0.1) is 0 Å². The Labute approximate surface area is 173 Å². The number of amides is 2. The second-order valence-corrected chi connectivity index (χ2v) is 7.41. The van der Waals surface area contributed by atoms with E-state index in [1.54, 1.807) is 41.3 Å². The summed E-state index contributed by atoms with van der Waals surface area (Å²) in [5, 5.41) is 2.73. The molecule has 2 aromatic carbocycles. The summed E-state index contributed by atoms with van der Waals surface area (Å²) in [6.45, 7) is 2.32. The molecule has 1 aliphatic heterocycles. The molecule has 0 aliphatic carbocycles. The first-order valence-corrected chi connectivity index (χ1v) is 9.99. The van der Waals surface area contributed by atoms with Gasteiger partial charge in [0.2, 0.25) is 11.8 Å². The number of anilines is 1. The highest BCUT2D eigenvalue weighted by molar-refractivity contribution is 8.15. The number of nitrogens with one attached hydrogen (secondary N) is 1. The minimum absolute atomic E-state index is 0.109. The lowest BCUT2D eigenvalue weighted by Gasteiger charge is -2.30. The molecule has 7 nitrogen and oxygen atoms in total. The quantitative estimate of drug-likeness (QED) is 0.762. The van der Waals surface area contributed by atoms with Crippen molar-refractivity contribution in [3.8, 4) is 0 Å². The lowest BCUT2D eigenvalue weighted by atomic mass is 10.2. The number of hydrogen-bond donors (Lipinski definition) is 1. The number of thioether (sulfide) groups is 1. The van der Waals surface area contributed by atoms with Gasteiger partial charge in [0, 0.05) is 18.7 Å². The van der Waals surface area contributed by atoms with E-state index in [0.29, 0.717) is 28.7 Å². The molecular formula is C21H21N3O4S. The molecule has 150 valence electrons. The smallest absolute Gasteiger partial charge is 0.337 e. The molecule has 2 aromatic rings. The number of aliphatic imine (C=N–C) groups is 1. The molecule has 1 atom stereocenters. The molecule has 1 heterocycles. The van der Waals surface area contributed by atoms with Crippen LogP contribution < -0.4 is 5.32 Å². The minimum Gasteiger partial charge on any atom is -0.465 e. The van der Waals surface area contributed by atoms with Crippen LogP contribution in [0.3, 0.4) is 0 Å². The zero-order valence-corrected chi connectivity index (χ0v) is 16.9. The molecule has 0 radical (unpaired) electrons. The Morgan fingerprint density at radius 1 is 1.17 bits per heavy atom. The van der Waals surface area contributed by atoms with Crippen molar-refractivity contribution in [2.75, 3.05) is 19.0 Å². The maximum absolute atomic E-state index is 12.6. The zero-order valence-electron chi connectivity index (χ0n) is 16.1. The molecule has 2 amide bonds. The van der Waals surface area contributed by atoms with E-state index in [1.165, 1.54) is 18.9 Å². The van der Waals surface area contributed by atoms with Crippen molar-refractivity contribution in [3.63, 3.8) is 0 Å². The SMILES string of the molecule is CCN1C(=O)CC(C(=O)Nc2ccccc2)SC1=Nc1ccc(C(=O)OC)cc1. The highest BCUT2D eigenvalue weighted by atomic mass is 32.2. The van der Waals surface area contributed by atoms with E-state index in [4.69, 9.17) is 0 Å². The Balaban J connectivity index is 1.80. The first-order chi connectivity index (χ1) is 14.0. The van der Waals surface area contributed by atoms with Gasteiger partial charge in [0.15, 0.2) is 5.17 Å². The topological polar surface area (TPSA) is 88.1 Å². The van der Waals surface area contributed by atoms with Gasteiger partial charge < -0.3 is 10.1 Å². The second-order valence-electron chi connectivity index (χ2n) is 6.24. The number of methoxy groups -OCH3 is 1. The molecule has 0 spiro atoms. The van der Waals surface area contributed by atoms with E-state index < -0.39 is 11.2 Å². The van der Waals surface area contributed by atoms with Crippen molar-refractivity contribution in [1.29, 1.82) is 0 Å². The molecular weight excluding hydrogens is 390 g/mol. The number of amidine groups is 1. The standard InChI is InChI=1S/C21H21N3O4S/c1-3-24-18(25)13-17(19(26)22-15-7-5-4-6-8-15)29-21(24)23-16-11-9-14(10-12-16)20(27)28-2/h4-12,17H,3,13H2,1-2H3,(H,22,26). The lowest BCUT2D eigenvalue weighted by Crippen LogP contribution is -2.45. The van der Waals surface area contributed by atoms with E-state index >= 15 is 0 Å². The molecule has 1 fully saturated rings. The molecule has 1 saturated heterocycles. The Hall–Kier alpha value is -3.13. The average molecular weight is 411 g/mol. The summed E-state index contributed by atoms with van der Waals surface area (Å²) in [4.78, 5) is 42.9. The van der Waals surface area contributed by atoms with Crippen LogP contribution >= 0.6 is 11.8 Å². The van der Waals surface area contributed by atoms with Crippen LogP contribution in [-0.4, -0.2) is 46.8 Å². The third kappa shape index (κ3) is 5.03. The molecule has 1 aliphatic rings. The predicted molar refractivity (Wildman–Crippen MR) is 113 cm³/mol. The number of esters is 1. The molecule has 8 heteroatoms. The molecule has 0 bridgehead atoms. The van der Waals surface area contributed by atoms with Crippen LogP contribution in [0.25, 0.3) is 0 Å². The molecule has 1 N–H and O–H groups in total. The molecule has 0 aromatic heterocycles. The van der Waals surface area contributed by atoms with E-state index in [0.717, 1.165) is 0 Å². The lowest BCUT2D eigenvalue weighted by molar-refractivity contribution is -0.129. The Morgan fingerprint density at radius 3 is 2.48 bits per heavy atom. The number of nitrogens with zero attached hydrogens (tertiary/aromatic N) is 2. The van der Waals surface area contributed by atoms with Crippen molar-refractivity contribution in [2.24, 2.45) is 4.99 Å². The Morgan fingerprint density at radius 2 is 1.86 bits per heavy atom. The number of hydrogen-bond acceptors (Lipinski definition) is 6. The first kappa shape index (κ1) is 20.6. The van der Waals surface area contributed by atoms with E-state index in [1.807, 2.05) is 25.1 Å². The van der Waals surface area contributed by atoms with Crippen LogP contribution in [-0.2, 0) is 14.3 Å². The molecule has 1 unspecified atom stereocenters. The first-order valence-electron chi connectivity index (χ1n) is 9.11. The van der Waals surface area contributed by atoms with Crippen LogP contribution in [0.4, 0.5) is 11.4 Å². The highest BCUT2D eigenvalue weighted by Crippen LogP contribution is 2.29. The van der Waals surface area contributed by atoms with Crippen LogP contribution in [0.15, 0.2) is 59.6 Å². The van der Waals surface area contributed by atoms with Crippen molar-refractivity contribution < 1.29 is 19.1 Å². The fraction of sp³-hybridized carbons (Fsp3) is 0.238. The monoisotopic (exact) mass is 411 g/mol. The summed E-state index contributed by atoms with van der Waals surface area (Å²) in [6, 6.07) is 15.7. The summed E-state index contributed by atoms with van der Waals surface area (Å²) in [7, 11) is 1.32. The van der Waals surface area contributed by atoms with Crippen LogP contribution in [0.2, 0.25) is 0 Å². The third-order valence-corrected chi connectivity index (χ3v) is 5.49. The van der Waals surface area contributed by atoms with Crippen molar-refractivity contribution in [3.05, 3.63) is 60.2 Å². The van der Waals surface area contributed by atoms with Gasteiger partial charge in [-0.3, -0.25) is 14.5 Å². The number of carbonyl (C=O) groups excluding carboxylic acids is 3. The second kappa shape index (κ2) is 9.38. The van der Waals surface area contributed by atoms with E-state index in [-0.39, 0.29) is 18.2 Å². The number of carbonyl (C=O) groups is 3. The summed E-state index contributed by atoms with van der Waals surface area (Å²) in [5.74, 6) is -0.817. The van der Waals surface area contributed by atoms with Gasteiger partial charge in [-0.15, -0.1) is 0 Å². The van der Waals surface area contributed by atoms with Crippen LogP contribution in [0.1, 0.15) is 23.7 Å². The molecule has 3 rings (SSSR count). The normalized spacial score (nSPS) is 17.9. The molecule has 29 heavy (non-hydrogen) atoms. The number of para-hydroxylation sites is 1. The number of rotatable bonds is 5. The van der Waals surface area contributed by atoms with Gasteiger partial charge in [-0.2, -0.15) is 0 Å². The fourth-order valence-corrected chi connectivity index (χ4v) is 3.96. The third-order valence-electron chi connectivity index (χ3n) is 4.30. The predicted octanol–water partition coefficient (Wildman–Crippen LogP) is 3.45. The highest BCUT2D eigenvalue weighted by Gasteiger charge is 2.35. The molecule has 0 saturated carbocycles. The van der Waals surface area contributed by atoms with Crippen molar-refractivity contribution in [1.82, 2.24) is 4.90 Å². The number of benzene rings is 2. The zero-order chi connectivity index (χ0) is 20.8.